The van der Waals surface area contributed by atoms with Gasteiger partial charge in [0.15, 0.2) is 5.82 Å². The predicted octanol–water partition coefficient (Wildman–Crippen LogP) is 2.39. The van der Waals surface area contributed by atoms with Crippen molar-refractivity contribution in [2.75, 3.05) is 11.9 Å². The molecule has 0 radical (unpaired) electrons. The minimum Gasteiger partial charge on any atom is -0.396 e. The van der Waals surface area contributed by atoms with Gasteiger partial charge >= 0.3 is 0 Å². The molecule has 0 bridgehead atoms. The van der Waals surface area contributed by atoms with Gasteiger partial charge in [0.05, 0.1) is 5.69 Å². The summed E-state index contributed by atoms with van der Waals surface area (Å²) in [4.78, 5) is 4.46. The zero-order valence-corrected chi connectivity index (χ0v) is 11.9. The van der Waals surface area contributed by atoms with E-state index in [9.17, 15) is 5.11 Å². The Morgan fingerprint density at radius 1 is 1.35 bits per heavy atom. The van der Waals surface area contributed by atoms with Crippen LogP contribution in [0, 0.1) is 12.8 Å². The first-order valence-corrected chi connectivity index (χ1v) is 7.46. The number of hydrogen-bond donors (Lipinski definition) is 2. The van der Waals surface area contributed by atoms with E-state index in [1.54, 1.807) is 6.20 Å². The van der Waals surface area contributed by atoms with Crippen molar-refractivity contribution in [1.82, 2.24) is 14.6 Å². The molecule has 0 aromatic carbocycles. The Morgan fingerprint density at radius 2 is 2.20 bits per heavy atom. The standard InChI is InChI=1S/C15H22N4O/c1-11-9-14-15(16-7-8-19(14)18-11)17-13-6-4-2-3-5-12(13)10-20/h7-9,12-13,20H,2-6,10H2,1H3,(H,16,17). The second-order valence-corrected chi connectivity index (χ2v) is 5.72. The molecule has 20 heavy (non-hydrogen) atoms. The van der Waals surface area contributed by atoms with Crippen molar-refractivity contribution in [2.24, 2.45) is 5.92 Å². The van der Waals surface area contributed by atoms with E-state index >= 15 is 0 Å². The fourth-order valence-corrected chi connectivity index (χ4v) is 3.12. The van der Waals surface area contributed by atoms with Crippen LogP contribution in [-0.2, 0) is 0 Å². The van der Waals surface area contributed by atoms with Crippen LogP contribution < -0.4 is 5.32 Å². The SMILES string of the molecule is Cc1cc2c(NC3CCCCCC3CO)nccn2n1. The Bertz CT molecular complexity index is 580. The summed E-state index contributed by atoms with van der Waals surface area (Å²) in [6, 6.07) is 2.34. The summed E-state index contributed by atoms with van der Waals surface area (Å²) < 4.78 is 1.86. The largest absolute Gasteiger partial charge is 0.396 e. The summed E-state index contributed by atoms with van der Waals surface area (Å²) >= 11 is 0. The van der Waals surface area contributed by atoms with Crippen LogP contribution in [0.2, 0.25) is 0 Å². The van der Waals surface area contributed by atoms with E-state index in [0.29, 0.717) is 12.0 Å². The minimum atomic E-state index is 0.249. The van der Waals surface area contributed by atoms with E-state index < -0.39 is 0 Å². The average Bonchev–Trinajstić information content (AvgIpc) is 2.68. The monoisotopic (exact) mass is 274 g/mol. The van der Waals surface area contributed by atoms with Gasteiger partial charge in [0.2, 0.25) is 0 Å². The Balaban J connectivity index is 1.87. The third-order valence-corrected chi connectivity index (χ3v) is 4.23. The van der Waals surface area contributed by atoms with Gasteiger partial charge in [-0.2, -0.15) is 5.10 Å². The molecule has 2 aromatic heterocycles. The summed E-state index contributed by atoms with van der Waals surface area (Å²) in [5, 5.41) is 17.6. The normalized spacial score (nSPS) is 23.7. The van der Waals surface area contributed by atoms with Gasteiger partial charge in [-0.3, -0.25) is 0 Å². The number of aryl methyl sites for hydroxylation is 1. The maximum absolute atomic E-state index is 9.60. The van der Waals surface area contributed by atoms with Crippen molar-refractivity contribution in [1.29, 1.82) is 0 Å². The van der Waals surface area contributed by atoms with Crippen molar-refractivity contribution in [3.05, 3.63) is 24.2 Å². The van der Waals surface area contributed by atoms with Crippen LogP contribution in [0.4, 0.5) is 5.82 Å². The Morgan fingerprint density at radius 3 is 3.05 bits per heavy atom. The van der Waals surface area contributed by atoms with Gasteiger partial charge in [-0.15, -0.1) is 0 Å². The lowest BCUT2D eigenvalue weighted by Crippen LogP contribution is -2.31. The molecule has 2 atom stereocenters. The summed E-state index contributed by atoms with van der Waals surface area (Å²) in [7, 11) is 0. The molecule has 0 spiro atoms. The number of rotatable bonds is 3. The number of aliphatic hydroxyl groups excluding tert-OH is 1. The molecule has 108 valence electrons. The molecule has 0 amide bonds. The first-order chi connectivity index (χ1) is 9.78. The Hall–Kier alpha value is -1.62. The molecule has 2 aromatic rings. The van der Waals surface area contributed by atoms with Gasteiger partial charge in [0.25, 0.3) is 0 Å². The van der Waals surface area contributed by atoms with Crippen molar-refractivity contribution in [3.63, 3.8) is 0 Å². The highest BCUT2D eigenvalue weighted by molar-refractivity contribution is 5.68. The molecule has 2 unspecified atom stereocenters. The average molecular weight is 274 g/mol. The van der Waals surface area contributed by atoms with Crippen molar-refractivity contribution >= 4 is 11.3 Å². The van der Waals surface area contributed by atoms with E-state index in [4.69, 9.17) is 0 Å². The summed E-state index contributed by atoms with van der Waals surface area (Å²) in [5.74, 6) is 1.20. The lowest BCUT2D eigenvalue weighted by atomic mass is 9.95. The van der Waals surface area contributed by atoms with E-state index in [2.05, 4.69) is 15.4 Å². The van der Waals surface area contributed by atoms with Crippen LogP contribution in [0.15, 0.2) is 18.5 Å². The first kappa shape index (κ1) is 13.4. The first-order valence-electron chi connectivity index (χ1n) is 7.46. The summed E-state index contributed by atoms with van der Waals surface area (Å²) in [6.07, 6.45) is 9.52. The number of aromatic nitrogens is 3. The van der Waals surface area contributed by atoms with E-state index in [0.717, 1.165) is 29.9 Å². The van der Waals surface area contributed by atoms with E-state index in [1.807, 2.05) is 23.7 Å². The quantitative estimate of drug-likeness (QED) is 0.844. The zero-order chi connectivity index (χ0) is 13.9. The zero-order valence-electron chi connectivity index (χ0n) is 11.9. The second kappa shape index (κ2) is 5.79. The van der Waals surface area contributed by atoms with Crippen molar-refractivity contribution < 1.29 is 5.11 Å². The molecule has 2 heterocycles. The maximum Gasteiger partial charge on any atom is 0.152 e. The minimum absolute atomic E-state index is 0.249. The van der Waals surface area contributed by atoms with E-state index in [-0.39, 0.29) is 6.61 Å². The number of fused-ring (bicyclic) bond motifs is 1. The van der Waals surface area contributed by atoms with Crippen LogP contribution in [0.5, 0.6) is 0 Å². The van der Waals surface area contributed by atoms with Crippen LogP contribution in [0.25, 0.3) is 5.52 Å². The molecule has 5 nitrogen and oxygen atoms in total. The fraction of sp³-hybridized carbons (Fsp3) is 0.600. The maximum atomic E-state index is 9.60. The third-order valence-electron chi connectivity index (χ3n) is 4.23. The second-order valence-electron chi connectivity index (χ2n) is 5.72. The van der Waals surface area contributed by atoms with Gasteiger partial charge in [0, 0.05) is 31.0 Å². The van der Waals surface area contributed by atoms with Crippen molar-refractivity contribution in [3.8, 4) is 0 Å². The fourth-order valence-electron chi connectivity index (χ4n) is 3.12. The highest BCUT2D eigenvalue weighted by Crippen LogP contribution is 2.27. The number of anilines is 1. The molecule has 0 saturated heterocycles. The molecule has 1 fully saturated rings. The predicted molar refractivity (Wildman–Crippen MR) is 78.8 cm³/mol. The molecule has 1 saturated carbocycles. The number of nitrogens with one attached hydrogen (secondary N) is 1. The molecular weight excluding hydrogens is 252 g/mol. The molecule has 1 aliphatic rings. The van der Waals surface area contributed by atoms with Crippen LogP contribution >= 0.6 is 0 Å². The molecule has 2 N–H and O–H groups in total. The number of aliphatic hydroxyl groups is 1. The van der Waals surface area contributed by atoms with E-state index in [1.165, 1.54) is 19.3 Å². The van der Waals surface area contributed by atoms with Gasteiger partial charge in [-0.1, -0.05) is 19.3 Å². The topological polar surface area (TPSA) is 62.5 Å². The smallest absolute Gasteiger partial charge is 0.152 e. The molecule has 1 aliphatic carbocycles. The molecular formula is C15H22N4O. The van der Waals surface area contributed by atoms with Crippen LogP contribution in [0.3, 0.4) is 0 Å². The van der Waals surface area contributed by atoms with Gasteiger partial charge in [-0.05, 0) is 25.8 Å². The lowest BCUT2D eigenvalue weighted by Gasteiger charge is -2.25. The van der Waals surface area contributed by atoms with Crippen molar-refractivity contribution in [2.45, 2.75) is 45.1 Å². The van der Waals surface area contributed by atoms with Gasteiger partial charge in [-0.25, -0.2) is 9.50 Å². The molecule has 3 rings (SSSR count). The lowest BCUT2D eigenvalue weighted by molar-refractivity contribution is 0.203. The van der Waals surface area contributed by atoms with Crippen LogP contribution in [-0.4, -0.2) is 32.4 Å². The Labute approximate surface area is 119 Å². The highest BCUT2D eigenvalue weighted by atomic mass is 16.3. The van der Waals surface area contributed by atoms with Gasteiger partial charge in [0.1, 0.15) is 5.52 Å². The highest BCUT2D eigenvalue weighted by Gasteiger charge is 2.24. The van der Waals surface area contributed by atoms with Crippen LogP contribution in [0.1, 0.15) is 37.8 Å². The summed E-state index contributed by atoms with van der Waals surface area (Å²) in [6.45, 7) is 2.23. The van der Waals surface area contributed by atoms with Gasteiger partial charge < -0.3 is 10.4 Å². The summed E-state index contributed by atoms with van der Waals surface area (Å²) in [5.41, 5.74) is 1.99. The molecule has 5 heteroatoms. The molecule has 0 aliphatic heterocycles. The third kappa shape index (κ3) is 2.63. The number of hydrogen-bond acceptors (Lipinski definition) is 4. The number of nitrogens with zero attached hydrogens (tertiary/aromatic N) is 3. The Kier molecular flexibility index (Phi) is 3.87.